The minimum Gasteiger partial charge on any atom is -0.509 e. The van der Waals surface area contributed by atoms with Crippen LogP contribution in [0.4, 0.5) is 0 Å². The summed E-state index contributed by atoms with van der Waals surface area (Å²) in [6, 6.07) is 0. The molecule has 3 fully saturated rings. The van der Waals surface area contributed by atoms with Gasteiger partial charge in [-0.15, -0.1) is 0 Å². The van der Waals surface area contributed by atoms with Gasteiger partial charge in [-0.05, 0) is 0 Å². The first-order valence-electron chi connectivity index (χ1n) is 12.2. The van der Waals surface area contributed by atoms with E-state index in [0.717, 1.165) is 0 Å². The molecule has 16 heteroatoms. The molecule has 2 bridgehead atoms. The second kappa shape index (κ2) is 11.8. The lowest BCUT2D eigenvalue weighted by molar-refractivity contribution is -0.315. The fourth-order valence-corrected chi connectivity index (χ4v) is 5.32. The van der Waals surface area contributed by atoms with Crippen molar-refractivity contribution in [1.82, 2.24) is 0 Å². The van der Waals surface area contributed by atoms with Gasteiger partial charge in [0, 0.05) is 12.0 Å². The molecule has 0 aromatic heterocycles. The van der Waals surface area contributed by atoms with Crippen LogP contribution in [0.25, 0.3) is 0 Å². The predicted molar refractivity (Wildman–Crippen MR) is 118 cm³/mol. The third kappa shape index (κ3) is 4.98. The van der Waals surface area contributed by atoms with E-state index in [-0.39, 0.29) is 12.0 Å². The van der Waals surface area contributed by atoms with Crippen molar-refractivity contribution in [2.24, 2.45) is 0 Å². The van der Waals surface area contributed by atoms with Crippen LogP contribution in [-0.2, 0) is 23.7 Å². The minimum atomic E-state index is -1.76. The number of rotatable bonds is 9. The van der Waals surface area contributed by atoms with Crippen LogP contribution < -0.4 is 0 Å². The largest absolute Gasteiger partial charge is 0.509 e. The molecule has 220 valence electrons. The van der Waals surface area contributed by atoms with Crippen molar-refractivity contribution in [3.63, 3.8) is 0 Å². The van der Waals surface area contributed by atoms with Crippen molar-refractivity contribution in [2.75, 3.05) is 33.0 Å². The number of aliphatic hydroxyl groups excluding tert-OH is 11. The molecule has 0 aromatic carbocycles. The smallest absolute Gasteiger partial charge is 0.187 e. The van der Waals surface area contributed by atoms with Crippen molar-refractivity contribution < 1.29 is 79.9 Å². The molecule has 0 saturated carbocycles. The number of aliphatic hydroxyl groups is 11. The Hall–Kier alpha value is -1.06. The second-order valence-electron chi connectivity index (χ2n) is 9.90. The lowest BCUT2D eigenvalue weighted by Crippen LogP contribution is -2.62. The molecule has 4 aliphatic heterocycles. The molecule has 14 atom stereocenters. The van der Waals surface area contributed by atoms with E-state index in [4.69, 9.17) is 23.7 Å². The van der Waals surface area contributed by atoms with Gasteiger partial charge in [-0.2, -0.15) is 0 Å². The monoisotopic (exact) mass is 556 g/mol. The number of fused-ring (bicyclic) bond motifs is 3. The van der Waals surface area contributed by atoms with Gasteiger partial charge in [0.05, 0.1) is 33.0 Å². The van der Waals surface area contributed by atoms with E-state index in [0.29, 0.717) is 0 Å². The van der Waals surface area contributed by atoms with Gasteiger partial charge < -0.3 is 79.9 Å². The Bertz CT molecular complexity index is 838. The van der Waals surface area contributed by atoms with E-state index in [1.54, 1.807) is 0 Å². The molecule has 1 aliphatic carbocycles. The highest BCUT2D eigenvalue weighted by Gasteiger charge is 2.61. The summed E-state index contributed by atoms with van der Waals surface area (Å²) < 4.78 is 28.2. The third-order valence-electron chi connectivity index (χ3n) is 7.67. The van der Waals surface area contributed by atoms with Crippen molar-refractivity contribution in [3.8, 4) is 0 Å². The van der Waals surface area contributed by atoms with Crippen LogP contribution in [-0.4, -0.2) is 174 Å². The molecule has 0 amide bonds. The van der Waals surface area contributed by atoms with Crippen LogP contribution in [0.3, 0.4) is 0 Å². The molecule has 0 spiro atoms. The quantitative estimate of drug-likeness (QED) is 0.126. The first-order chi connectivity index (χ1) is 18.0. The summed E-state index contributed by atoms with van der Waals surface area (Å²) in [7, 11) is 0. The van der Waals surface area contributed by atoms with Crippen LogP contribution in [0.1, 0.15) is 6.42 Å². The Morgan fingerprint density at radius 3 is 1.76 bits per heavy atom. The molecule has 0 radical (unpaired) electrons. The van der Waals surface area contributed by atoms with Gasteiger partial charge in [-0.3, -0.25) is 0 Å². The second-order valence-corrected chi connectivity index (χ2v) is 9.90. The number of hydrogen-bond donors (Lipinski definition) is 11. The van der Waals surface area contributed by atoms with Crippen LogP contribution in [0.5, 0.6) is 0 Å². The minimum absolute atomic E-state index is 0.125. The molecular formula is C22H36O16. The molecule has 38 heavy (non-hydrogen) atoms. The fourth-order valence-electron chi connectivity index (χ4n) is 5.32. The summed E-state index contributed by atoms with van der Waals surface area (Å²) in [5.74, 6) is -0.438. The third-order valence-corrected chi connectivity index (χ3v) is 7.67. The van der Waals surface area contributed by atoms with Gasteiger partial charge >= 0.3 is 0 Å². The summed E-state index contributed by atoms with van der Waals surface area (Å²) >= 11 is 0. The van der Waals surface area contributed by atoms with Crippen LogP contribution in [0.15, 0.2) is 11.3 Å². The highest BCUT2D eigenvalue weighted by atomic mass is 16.7. The van der Waals surface area contributed by atoms with Gasteiger partial charge in [0.2, 0.25) is 0 Å². The van der Waals surface area contributed by atoms with Crippen molar-refractivity contribution >= 4 is 0 Å². The fraction of sp³-hybridized carbons (Fsp3) is 0.909. The molecule has 0 aromatic rings. The maximum absolute atomic E-state index is 11.1. The average molecular weight is 557 g/mol. The number of ether oxygens (including phenoxy) is 5. The summed E-state index contributed by atoms with van der Waals surface area (Å²) in [6.07, 6.45) is -19.2. The van der Waals surface area contributed by atoms with Crippen LogP contribution >= 0.6 is 0 Å². The predicted octanol–water partition coefficient (Wildman–Crippen LogP) is -6.26. The highest BCUT2D eigenvalue weighted by Crippen LogP contribution is 2.50. The Morgan fingerprint density at radius 2 is 1.21 bits per heavy atom. The first kappa shape index (κ1) is 29.9. The lowest BCUT2D eigenvalue weighted by atomic mass is 9.73. The molecule has 3 saturated heterocycles. The van der Waals surface area contributed by atoms with E-state index in [2.05, 4.69) is 0 Å². The standard InChI is InChI=1S/C22H36O16/c23-2-8-13(27)16(30)15(29)11(35-8)6-34-22-1-7(20(22)33)19(10(4-25)36-12(22)5-26)38-21-18(32)17(31)14(28)9(3-24)37-21/h8-19,21,23-33H,1-6H2/t8?,9?,10-,11-,12?,13+,14+,15?,16?,17?,18?,19?,21-,22?/m0/s1. The van der Waals surface area contributed by atoms with E-state index in [1.165, 1.54) is 0 Å². The molecular weight excluding hydrogens is 520 g/mol. The molecule has 9 unspecified atom stereocenters. The van der Waals surface area contributed by atoms with Crippen molar-refractivity contribution in [1.29, 1.82) is 0 Å². The maximum atomic E-state index is 11.1. The van der Waals surface area contributed by atoms with Crippen molar-refractivity contribution in [3.05, 3.63) is 11.3 Å². The highest BCUT2D eigenvalue weighted by molar-refractivity contribution is 5.39. The zero-order chi connectivity index (χ0) is 27.9. The average Bonchev–Trinajstić information content (AvgIpc) is 3.11. The number of hydrogen-bond acceptors (Lipinski definition) is 16. The Morgan fingerprint density at radius 1 is 0.658 bits per heavy atom. The van der Waals surface area contributed by atoms with E-state index in [9.17, 15) is 56.2 Å². The van der Waals surface area contributed by atoms with Crippen LogP contribution in [0, 0.1) is 0 Å². The summed E-state index contributed by atoms with van der Waals surface area (Å²) in [5, 5.41) is 111. The van der Waals surface area contributed by atoms with E-state index in [1.807, 2.05) is 0 Å². The Labute approximate surface area is 216 Å². The Kier molecular flexibility index (Phi) is 9.30. The molecule has 4 heterocycles. The first-order valence-corrected chi connectivity index (χ1v) is 12.2. The van der Waals surface area contributed by atoms with Crippen molar-refractivity contribution in [2.45, 2.75) is 91.6 Å². The SMILES string of the molecule is OCC1O[C@@H](OC2C3=C(O)C(OC[C@@H]4OC(CO)[C@@H](O)C(O)C4O)(C3)C(CO)O[C@H]2CO)C(O)C(O)[C@@H]1O. The zero-order valence-corrected chi connectivity index (χ0v) is 20.2. The van der Waals surface area contributed by atoms with Gasteiger partial charge in [0.15, 0.2) is 11.9 Å². The topological polar surface area (TPSA) is 269 Å². The molecule has 16 nitrogen and oxygen atoms in total. The van der Waals surface area contributed by atoms with Gasteiger partial charge in [0.25, 0.3) is 0 Å². The zero-order valence-electron chi connectivity index (χ0n) is 20.2. The normalized spacial score (nSPS) is 49.5. The van der Waals surface area contributed by atoms with Gasteiger partial charge in [0.1, 0.15) is 79.0 Å². The molecule has 5 aliphatic rings. The van der Waals surface area contributed by atoms with Crippen LogP contribution in [0.2, 0.25) is 0 Å². The van der Waals surface area contributed by atoms with E-state index >= 15 is 0 Å². The summed E-state index contributed by atoms with van der Waals surface area (Å²) in [4.78, 5) is 0. The lowest BCUT2D eigenvalue weighted by Gasteiger charge is -2.47. The Balaban J connectivity index is 1.54. The summed E-state index contributed by atoms with van der Waals surface area (Å²) in [5.41, 5.74) is -1.55. The molecule has 5 rings (SSSR count). The van der Waals surface area contributed by atoms with Gasteiger partial charge in [-0.25, -0.2) is 0 Å². The maximum Gasteiger partial charge on any atom is 0.187 e. The van der Waals surface area contributed by atoms with E-state index < -0.39 is 124 Å². The van der Waals surface area contributed by atoms with Gasteiger partial charge in [-0.1, -0.05) is 0 Å². The molecule has 11 N–H and O–H groups in total. The summed E-state index contributed by atoms with van der Waals surface area (Å²) in [6.45, 7) is -3.21.